The second-order valence-electron chi connectivity index (χ2n) is 3.27. The highest BCUT2D eigenvalue weighted by atomic mass is 15.3. The van der Waals surface area contributed by atoms with Crippen LogP contribution in [0.15, 0.2) is 18.5 Å². The van der Waals surface area contributed by atoms with Crippen LogP contribution in [-0.4, -0.2) is 29.1 Å². The molecule has 1 fully saturated rings. The molecule has 2 rings (SSSR count). The topological polar surface area (TPSA) is 55.0 Å². The van der Waals surface area contributed by atoms with Crippen molar-refractivity contribution in [1.82, 2.24) is 9.97 Å². The molecule has 2 heterocycles. The molecule has 0 spiro atoms. The van der Waals surface area contributed by atoms with Crippen molar-refractivity contribution in [3.8, 4) is 0 Å². The summed E-state index contributed by atoms with van der Waals surface area (Å²) in [6, 6.07) is 2.26. The van der Waals surface area contributed by atoms with E-state index in [4.69, 9.17) is 5.73 Å². The third-order valence-electron chi connectivity index (χ3n) is 2.46. The summed E-state index contributed by atoms with van der Waals surface area (Å²) < 4.78 is 0. The molecular weight excluding hydrogens is 164 g/mol. The summed E-state index contributed by atoms with van der Waals surface area (Å²) in [6.07, 6.45) is 5.90. The molecule has 1 atom stereocenters. The number of anilines is 1. The van der Waals surface area contributed by atoms with Crippen LogP contribution in [0.4, 0.5) is 5.95 Å². The second kappa shape index (κ2) is 3.70. The van der Waals surface area contributed by atoms with Gasteiger partial charge < -0.3 is 10.6 Å². The Bertz CT molecular complexity index is 262. The van der Waals surface area contributed by atoms with Crippen molar-refractivity contribution >= 4 is 5.95 Å². The summed E-state index contributed by atoms with van der Waals surface area (Å²) in [6.45, 7) is 1.73. The summed E-state index contributed by atoms with van der Waals surface area (Å²) >= 11 is 0. The largest absolute Gasteiger partial charge is 0.337 e. The minimum Gasteiger partial charge on any atom is -0.337 e. The molecule has 1 saturated heterocycles. The summed E-state index contributed by atoms with van der Waals surface area (Å²) in [5.41, 5.74) is 5.66. The highest BCUT2D eigenvalue weighted by Gasteiger charge is 2.24. The molecule has 0 amide bonds. The Morgan fingerprint density at radius 2 is 2.23 bits per heavy atom. The molecule has 2 N–H and O–H groups in total. The SMILES string of the molecule is NC[C@H]1CCCN1c1ncccn1. The van der Waals surface area contributed by atoms with Crippen LogP contribution in [0, 0.1) is 0 Å². The molecule has 70 valence electrons. The zero-order chi connectivity index (χ0) is 9.10. The maximum Gasteiger partial charge on any atom is 0.225 e. The molecule has 1 aromatic rings. The molecule has 4 nitrogen and oxygen atoms in total. The predicted molar refractivity (Wildman–Crippen MR) is 51.5 cm³/mol. The number of hydrogen-bond acceptors (Lipinski definition) is 4. The lowest BCUT2D eigenvalue weighted by Crippen LogP contribution is -2.36. The maximum absolute atomic E-state index is 5.66. The van der Waals surface area contributed by atoms with Crippen molar-refractivity contribution in [3.63, 3.8) is 0 Å². The van der Waals surface area contributed by atoms with E-state index in [1.165, 1.54) is 6.42 Å². The first-order chi connectivity index (χ1) is 6.42. The Kier molecular flexibility index (Phi) is 2.40. The summed E-state index contributed by atoms with van der Waals surface area (Å²) in [4.78, 5) is 10.6. The molecule has 0 unspecified atom stereocenters. The highest BCUT2D eigenvalue weighted by Crippen LogP contribution is 2.20. The monoisotopic (exact) mass is 178 g/mol. The zero-order valence-corrected chi connectivity index (χ0v) is 7.56. The number of rotatable bonds is 2. The number of nitrogens with two attached hydrogens (primary N) is 1. The van der Waals surface area contributed by atoms with Gasteiger partial charge in [-0.2, -0.15) is 0 Å². The van der Waals surface area contributed by atoms with Crippen molar-refractivity contribution in [2.24, 2.45) is 5.73 Å². The third kappa shape index (κ3) is 1.62. The van der Waals surface area contributed by atoms with E-state index in [9.17, 15) is 0 Å². The Labute approximate surface area is 77.8 Å². The quantitative estimate of drug-likeness (QED) is 0.712. The molecule has 1 aliphatic heterocycles. The third-order valence-corrected chi connectivity index (χ3v) is 2.46. The van der Waals surface area contributed by atoms with Crippen LogP contribution in [0.25, 0.3) is 0 Å². The van der Waals surface area contributed by atoms with Gasteiger partial charge in [-0.1, -0.05) is 0 Å². The molecule has 0 aromatic carbocycles. The molecule has 13 heavy (non-hydrogen) atoms. The fourth-order valence-electron chi connectivity index (χ4n) is 1.78. The standard InChI is InChI=1S/C9H14N4/c10-7-8-3-1-6-13(8)9-11-4-2-5-12-9/h2,4-5,8H,1,3,6-7,10H2/t8-/m1/s1. The van der Waals surface area contributed by atoms with Crippen molar-refractivity contribution in [2.75, 3.05) is 18.0 Å². The fourth-order valence-corrected chi connectivity index (χ4v) is 1.78. The lowest BCUT2D eigenvalue weighted by molar-refractivity contribution is 0.664. The predicted octanol–water partition coefficient (Wildman–Crippen LogP) is 0.404. The highest BCUT2D eigenvalue weighted by molar-refractivity contribution is 5.32. The maximum atomic E-state index is 5.66. The van der Waals surface area contributed by atoms with Gasteiger partial charge in [-0.05, 0) is 18.9 Å². The summed E-state index contributed by atoms with van der Waals surface area (Å²) in [5, 5.41) is 0. The van der Waals surface area contributed by atoms with E-state index in [2.05, 4.69) is 14.9 Å². The van der Waals surface area contributed by atoms with Gasteiger partial charge in [0.1, 0.15) is 0 Å². The zero-order valence-electron chi connectivity index (χ0n) is 7.56. The molecule has 1 aliphatic rings. The smallest absolute Gasteiger partial charge is 0.225 e. The Balaban J connectivity index is 2.16. The van der Waals surface area contributed by atoms with Crippen LogP contribution in [0.5, 0.6) is 0 Å². The number of hydrogen-bond donors (Lipinski definition) is 1. The van der Waals surface area contributed by atoms with E-state index in [1.807, 2.05) is 6.07 Å². The first-order valence-electron chi connectivity index (χ1n) is 4.65. The first-order valence-corrected chi connectivity index (χ1v) is 4.65. The van der Waals surface area contributed by atoms with Crippen molar-refractivity contribution < 1.29 is 0 Å². The van der Waals surface area contributed by atoms with E-state index >= 15 is 0 Å². The van der Waals surface area contributed by atoms with E-state index in [-0.39, 0.29) is 0 Å². The van der Waals surface area contributed by atoms with Gasteiger partial charge in [0.25, 0.3) is 0 Å². The molecule has 0 saturated carbocycles. The summed E-state index contributed by atoms with van der Waals surface area (Å²) in [5.74, 6) is 0.815. The number of nitrogens with zero attached hydrogens (tertiary/aromatic N) is 3. The van der Waals surface area contributed by atoms with Gasteiger partial charge >= 0.3 is 0 Å². The molecule has 0 radical (unpaired) electrons. The van der Waals surface area contributed by atoms with Crippen LogP contribution >= 0.6 is 0 Å². The van der Waals surface area contributed by atoms with E-state index in [0.29, 0.717) is 12.6 Å². The average molecular weight is 178 g/mol. The number of aromatic nitrogens is 2. The van der Waals surface area contributed by atoms with Crippen molar-refractivity contribution in [2.45, 2.75) is 18.9 Å². The normalized spacial score (nSPS) is 22.2. The molecule has 4 heteroatoms. The minimum absolute atomic E-state index is 0.433. The van der Waals surface area contributed by atoms with Gasteiger partial charge in [-0.15, -0.1) is 0 Å². The van der Waals surface area contributed by atoms with Gasteiger partial charge in [0.2, 0.25) is 5.95 Å². The fraction of sp³-hybridized carbons (Fsp3) is 0.556. The van der Waals surface area contributed by atoms with Gasteiger partial charge in [0.15, 0.2) is 0 Å². The van der Waals surface area contributed by atoms with Gasteiger partial charge in [-0.3, -0.25) is 0 Å². The molecule has 0 bridgehead atoms. The van der Waals surface area contributed by atoms with Gasteiger partial charge in [-0.25, -0.2) is 9.97 Å². The van der Waals surface area contributed by atoms with Crippen LogP contribution < -0.4 is 10.6 Å². The van der Waals surface area contributed by atoms with Gasteiger partial charge in [0.05, 0.1) is 0 Å². The van der Waals surface area contributed by atoms with Crippen LogP contribution in [0.1, 0.15) is 12.8 Å². The van der Waals surface area contributed by atoms with E-state index in [0.717, 1.165) is 18.9 Å². The lowest BCUT2D eigenvalue weighted by Gasteiger charge is -2.22. The van der Waals surface area contributed by atoms with Crippen molar-refractivity contribution in [3.05, 3.63) is 18.5 Å². The molecule has 0 aliphatic carbocycles. The summed E-state index contributed by atoms with van der Waals surface area (Å²) in [7, 11) is 0. The Morgan fingerprint density at radius 3 is 2.92 bits per heavy atom. The Hall–Kier alpha value is -1.16. The molecular formula is C9H14N4. The van der Waals surface area contributed by atoms with Crippen LogP contribution in [-0.2, 0) is 0 Å². The lowest BCUT2D eigenvalue weighted by atomic mass is 10.2. The van der Waals surface area contributed by atoms with Crippen molar-refractivity contribution in [1.29, 1.82) is 0 Å². The van der Waals surface area contributed by atoms with E-state index < -0.39 is 0 Å². The minimum atomic E-state index is 0.433. The first kappa shape index (κ1) is 8.44. The van der Waals surface area contributed by atoms with Crippen LogP contribution in [0.2, 0.25) is 0 Å². The van der Waals surface area contributed by atoms with Crippen LogP contribution in [0.3, 0.4) is 0 Å². The average Bonchev–Trinajstić information content (AvgIpc) is 2.67. The molecule has 1 aromatic heterocycles. The Morgan fingerprint density at radius 1 is 1.46 bits per heavy atom. The second-order valence-corrected chi connectivity index (χ2v) is 3.27. The van der Waals surface area contributed by atoms with Gasteiger partial charge in [0, 0.05) is 31.5 Å². The van der Waals surface area contributed by atoms with E-state index in [1.54, 1.807) is 12.4 Å².